The Morgan fingerprint density at radius 2 is 1.64 bits per heavy atom. The zero-order chi connectivity index (χ0) is 17.7. The molecule has 1 fully saturated rings. The van der Waals surface area contributed by atoms with E-state index in [2.05, 4.69) is 18.4 Å². The number of hydrogen-bond donors (Lipinski definition) is 0. The third-order valence-electron chi connectivity index (χ3n) is 5.79. The van der Waals surface area contributed by atoms with E-state index in [1.165, 1.54) is 65.5 Å². The molecule has 2 aliphatic rings. The molecule has 0 radical (unpaired) electrons. The molecule has 1 aromatic carbocycles. The minimum absolute atomic E-state index is 0.402. The Morgan fingerprint density at radius 3 is 2.20 bits per heavy atom. The van der Waals surface area contributed by atoms with Crippen molar-refractivity contribution in [2.45, 2.75) is 50.3 Å². The van der Waals surface area contributed by atoms with Gasteiger partial charge in [0.2, 0.25) is 0 Å². The van der Waals surface area contributed by atoms with Crippen LogP contribution in [0.3, 0.4) is 0 Å². The zero-order valence-electron chi connectivity index (χ0n) is 14.8. The second-order valence-corrected chi connectivity index (χ2v) is 10.7. The Kier molecular flexibility index (Phi) is 4.16. The van der Waals surface area contributed by atoms with Crippen LogP contribution in [0.4, 0.5) is 0 Å². The first-order valence-electron chi connectivity index (χ1n) is 8.94. The number of hydrogen-bond acceptors (Lipinski definition) is 3. The first-order valence-corrected chi connectivity index (χ1v) is 11.7. The summed E-state index contributed by atoms with van der Waals surface area (Å²) in [5.41, 5.74) is 5.89. The van der Waals surface area contributed by atoms with Crippen LogP contribution < -0.4 is 0 Å². The molecule has 25 heavy (non-hydrogen) atoms. The maximum atomic E-state index is 11.7. The van der Waals surface area contributed by atoms with Gasteiger partial charge in [-0.2, -0.15) is 0 Å². The average molecular weight is 373 g/mol. The van der Waals surface area contributed by atoms with Gasteiger partial charge >= 0.3 is 0 Å². The SMILES string of the molecule is Cc1csc(C2=C(c3ccc(S(C)(=O)=O)cc3)CC3(CCCC3)C2)c1. The Hall–Kier alpha value is -1.39. The molecular weight excluding hydrogens is 348 g/mol. The molecule has 0 N–H and O–H groups in total. The van der Waals surface area contributed by atoms with E-state index in [1.54, 1.807) is 12.1 Å². The number of aryl methyl sites for hydroxylation is 1. The van der Waals surface area contributed by atoms with Crippen LogP contribution in [0.2, 0.25) is 0 Å². The molecule has 0 bridgehead atoms. The van der Waals surface area contributed by atoms with Gasteiger partial charge in [-0.05, 0) is 83.9 Å². The molecule has 0 aliphatic heterocycles. The minimum atomic E-state index is -3.14. The zero-order valence-corrected chi connectivity index (χ0v) is 16.5. The van der Waals surface area contributed by atoms with E-state index in [0.29, 0.717) is 10.3 Å². The molecule has 1 spiro atoms. The molecule has 132 valence electrons. The quantitative estimate of drug-likeness (QED) is 0.690. The molecule has 1 heterocycles. The van der Waals surface area contributed by atoms with E-state index in [1.807, 2.05) is 23.5 Å². The van der Waals surface area contributed by atoms with Crippen LogP contribution >= 0.6 is 11.3 Å². The fourth-order valence-electron chi connectivity index (χ4n) is 4.51. The lowest BCUT2D eigenvalue weighted by Gasteiger charge is -2.23. The Labute approximate surface area is 154 Å². The maximum absolute atomic E-state index is 11.7. The van der Waals surface area contributed by atoms with Crippen LogP contribution in [0.1, 0.15) is 54.5 Å². The molecule has 0 atom stereocenters. The highest BCUT2D eigenvalue weighted by Gasteiger charge is 2.41. The predicted molar refractivity (Wildman–Crippen MR) is 106 cm³/mol. The van der Waals surface area contributed by atoms with Gasteiger partial charge in [0.15, 0.2) is 9.84 Å². The van der Waals surface area contributed by atoms with E-state index in [4.69, 9.17) is 0 Å². The number of rotatable bonds is 3. The predicted octanol–water partition coefficient (Wildman–Crippen LogP) is 5.73. The van der Waals surface area contributed by atoms with Crippen molar-refractivity contribution in [1.29, 1.82) is 0 Å². The van der Waals surface area contributed by atoms with Gasteiger partial charge in [0, 0.05) is 11.1 Å². The van der Waals surface area contributed by atoms with Gasteiger partial charge in [0.25, 0.3) is 0 Å². The molecule has 2 aromatic rings. The van der Waals surface area contributed by atoms with Crippen molar-refractivity contribution in [3.8, 4) is 0 Å². The summed E-state index contributed by atoms with van der Waals surface area (Å²) in [5, 5.41) is 2.23. The largest absolute Gasteiger partial charge is 0.224 e. The second-order valence-electron chi connectivity index (χ2n) is 7.80. The smallest absolute Gasteiger partial charge is 0.175 e. The molecule has 1 aromatic heterocycles. The van der Waals surface area contributed by atoms with Crippen molar-refractivity contribution < 1.29 is 8.42 Å². The monoisotopic (exact) mass is 372 g/mol. The summed E-state index contributed by atoms with van der Waals surface area (Å²) < 4.78 is 23.5. The van der Waals surface area contributed by atoms with Crippen LogP contribution in [0.15, 0.2) is 40.6 Å². The van der Waals surface area contributed by atoms with E-state index < -0.39 is 9.84 Å². The first-order chi connectivity index (χ1) is 11.9. The highest BCUT2D eigenvalue weighted by atomic mass is 32.2. The van der Waals surface area contributed by atoms with Crippen LogP contribution in [-0.2, 0) is 9.84 Å². The lowest BCUT2D eigenvalue weighted by molar-refractivity contribution is 0.330. The molecule has 2 nitrogen and oxygen atoms in total. The summed E-state index contributed by atoms with van der Waals surface area (Å²) in [7, 11) is -3.14. The van der Waals surface area contributed by atoms with Crippen molar-refractivity contribution in [2.75, 3.05) is 6.26 Å². The van der Waals surface area contributed by atoms with Gasteiger partial charge in [-0.25, -0.2) is 8.42 Å². The summed E-state index contributed by atoms with van der Waals surface area (Å²) in [4.78, 5) is 1.79. The summed E-state index contributed by atoms with van der Waals surface area (Å²) in [6, 6.07) is 9.82. The van der Waals surface area contributed by atoms with Crippen LogP contribution in [0.5, 0.6) is 0 Å². The van der Waals surface area contributed by atoms with Crippen LogP contribution in [0, 0.1) is 12.3 Å². The molecule has 0 saturated heterocycles. The van der Waals surface area contributed by atoms with Gasteiger partial charge < -0.3 is 0 Å². The number of benzene rings is 1. The maximum Gasteiger partial charge on any atom is 0.175 e. The average Bonchev–Trinajstić information content (AvgIpc) is 3.28. The van der Waals surface area contributed by atoms with Crippen molar-refractivity contribution in [1.82, 2.24) is 0 Å². The first kappa shape index (κ1) is 17.0. The third kappa shape index (κ3) is 3.22. The fourth-order valence-corrected chi connectivity index (χ4v) is 6.11. The second kappa shape index (κ2) is 6.10. The fraction of sp³-hybridized carbons (Fsp3) is 0.429. The summed E-state index contributed by atoms with van der Waals surface area (Å²) in [6.07, 6.45) is 8.92. The molecule has 0 unspecified atom stereocenters. The Balaban J connectivity index is 1.77. The molecule has 4 rings (SSSR count). The highest BCUT2D eigenvalue weighted by molar-refractivity contribution is 7.90. The molecule has 4 heteroatoms. The number of sulfone groups is 1. The lowest BCUT2D eigenvalue weighted by Crippen LogP contribution is -2.11. The highest BCUT2D eigenvalue weighted by Crippen LogP contribution is 2.58. The standard InChI is InChI=1S/C21H24O2S2/c1-15-11-20(24-14-15)19-13-21(9-3-4-10-21)12-18(19)16-5-7-17(8-6-16)25(2,22)23/h5-8,11,14H,3-4,9-10,12-13H2,1-2H3. The van der Waals surface area contributed by atoms with Gasteiger partial charge in [-0.15, -0.1) is 11.3 Å². The summed E-state index contributed by atoms with van der Waals surface area (Å²) in [5.74, 6) is 0. The lowest BCUT2D eigenvalue weighted by atomic mass is 9.81. The van der Waals surface area contributed by atoms with E-state index in [0.717, 1.165) is 6.42 Å². The third-order valence-corrected chi connectivity index (χ3v) is 8.03. The van der Waals surface area contributed by atoms with Gasteiger partial charge in [0.05, 0.1) is 4.90 Å². The summed E-state index contributed by atoms with van der Waals surface area (Å²) >= 11 is 1.84. The van der Waals surface area contributed by atoms with Gasteiger partial charge in [-0.3, -0.25) is 0 Å². The van der Waals surface area contributed by atoms with E-state index >= 15 is 0 Å². The van der Waals surface area contributed by atoms with E-state index in [-0.39, 0.29) is 0 Å². The van der Waals surface area contributed by atoms with Crippen LogP contribution in [-0.4, -0.2) is 14.7 Å². The van der Waals surface area contributed by atoms with Crippen molar-refractivity contribution in [3.05, 3.63) is 51.7 Å². The van der Waals surface area contributed by atoms with Gasteiger partial charge in [-0.1, -0.05) is 25.0 Å². The minimum Gasteiger partial charge on any atom is -0.224 e. The normalized spacial score (nSPS) is 19.9. The Bertz CT molecular complexity index is 925. The Morgan fingerprint density at radius 1 is 1.00 bits per heavy atom. The van der Waals surface area contributed by atoms with Crippen LogP contribution in [0.25, 0.3) is 11.1 Å². The van der Waals surface area contributed by atoms with E-state index in [9.17, 15) is 8.42 Å². The topological polar surface area (TPSA) is 34.1 Å². The number of thiophene rings is 1. The number of allylic oxidation sites excluding steroid dienone is 2. The van der Waals surface area contributed by atoms with Crippen molar-refractivity contribution in [3.63, 3.8) is 0 Å². The molecule has 0 amide bonds. The molecule has 2 aliphatic carbocycles. The van der Waals surface area contributed by atoms with Crippen molar-refractivity contribution >= 4 is 32.3 Å². The van der Waals surface area contributed by atoms with Gasteiger partial charge in [0.1, 0.15) is 0 Å². The van der Waals surface area contributed by atoms with Crippen molar-refractivity contribution in [2.24, 2.45) is 5.41 Å². The molecular formula is C21H24O2S2. The summed E-state index contributed by atoms with van der Waals surface area (Å²) in [6.45, 7) is 2.15. The molecule has 1 saturated carbocycles.